The number of nitrogens with zero attached hydrogens (tertiary/aromatic N) is 3. The summed E-state index contributed by atoms with van der Waals surface area (Å²) in [6.45, 7) is 1.66. The van der Waals surface area contributed by atoms with Gasteiger partial charge < -0.3 is 9.32 Å². The molecule has 2 aromatic rings. The minimum atomic E-state index is 0.219. The predicted octanol–water partition coefficient (Wildman–Crippen LogP) is 2.10. The largest absolute Gasteiger partial charge is 0.469 e. The highest BCUT2D eigenvalue weighted by atomic mass is 16.3. The smallest absolute Gasteiger partial charge is 0.223 e. The average molecular weight is 273 g/mol. The maximum absolute atomic E-state index is 12.3. The summed E-state index contributed by atoms with van der Waals surface area (Å²) in [5.41, 5.74) is 0. The quantitative estimate of drug-likeness (QED) is 0.838. The van der Waals surface area contributed by atoms with Crippen LogP contribution in [0.3, 0.4) is 0 Å². The second-order valence-corrected chi connectivity index (χ2v) is 5.19. The molecule has 1 aliphatic heterocycles. The molecule has 5 nitrogen and oxygen atoms in total. The van der Waals surface area contributed by atoms with E-state index in [-0.39, 0.29) is 11.9 Å². The van der Waals surface area contributed by atoms with E-state index in [0.29, 0.717) is 12.8 Å². The molecule has 0 bridgehead atoms. The van der Waals surface area contributed by atoms with Gasteiger partial charge in [-0.2, -0.15) is 5.10 Å². The van der Waals surface area contributed by atoms with E-state index in [1.54, 1.807) is 12.5 Å². The molecule has 0 aliphatic carbocycles. The first-order valence-corrected chi connectivity index (χ1v) is 7.12. The zero-order chi connectivity index (χ0) is 13.8. The topological polar surface area (TPSA) is 51.3 Å². The molecule has 1 aliphatic rings. The molecule has 1 fully saturated rings. The third-order valence-corrected chi connectivity index (χ3v) is 3.82. The number of furan rings is 1. The first-order chi connectivity index (χ1) is 9.83. The number of carbonyl (C=O) groups excluding carboxylic acids is 1. The van der Waals surface area contributed by atoms with Crippen LogP contribution in [0.2, 0.25) is 0 Å². The van der Waals surface area contributed by atoms with Crippen molar-refractivity contribution in [3.05, 3.63) is 42.6 Å². The molecule has 0 spiro atoms. The van der Waals surface area contributed by atoms with Crippen molar-refractivity contribution in [3.63, 3.8) is 0 Å². The predicted molar refractivity (Wildman–Crippen MR) is 74.0 cm³/mol. The Balaban J connectivity index is 1.55. The maximum atomic E-state index is 12.3. The highest BCUT2D eigenvalue weighted by molar-refractivity contribution is 5.77. The molecule has 1 atom stereocenters. The molecule has 20 heavy (non-hydrogen) atoms. The standard InChI is InChI=1S/C15H19N3O2/c19-15(7-6-14-5-2-11-20-14)18-10-1-4-13(18)12-17-9-3-8-16-17/h2-3,5,8-9,11,13H,1,4,6-7,10,12H2/t13-/m0/s1. The Morgan fingerprint density at radius 3 is 3.15 bits per heavy atom. The van der Waals surface area contributed by atoms with Crippen LogP contribution in [-0.4, -0.2) is 33.2 Å². The third kappa shape index (κ3) is 2.92. The van der Waals surface area contributed by atoms with Crippen LogP contribution in [0.25, 0.3) is 0 Å². The summed E-state index contributed by atoms with van der Waals surface area (Å²) in [5.74, 6) is 1.09. The van der Waals surface area contributed by atoms with Crippen molar-refractivity contribution in [2.75, 3.05) is 6.54 Å². The molecule has 2 aromatic heterocycles. The Morgan fingerprint density at radius 2 is 2.40 bits per heavy atom. The Bertz CT molecular complexity index is 533. The van der Waals surface area contributed by atoms with Crippen molar-refractivity contribution < 1.29 is 9.21 Å². The van der Waals surface area contributed by atoms with E-state index < -0.39 is 0 Å². The zero-order valence-electron chi connectivity index (χ0n) is 11.4. The molecule has 0 aromatic carbocycles. The number of carbonyl (C=O) groups is 1. The molecule has 106 valence electrons. The van der Waals surface area contributed by atoms with Gasteiger partial charge in [-0.3, -0.25) is 9.48 Å². The van der Waals surface area contributed by atoms with Crippen LogP contribution >= 0.6 is 0 Å². The molecule has 0 radical (unpaired) electrons. The lowest BCUT2D eigenvalue weighted by molar-refractivity contribution is -0.132. The normalized spacial score (nSPS) is 18.6. The number of aryl methyl sites for hydroxylation is 1. The van der Waals surface area contributed by atoms with Crippen molar-refractivity contribution in [1.29, 1.82) is 0 Å². The third-order valence-electron chi connectivity index (χ3n) is 3.82. The van der Waals surface area contributed by atoms with Crippen molar-refractivity contribution in [2.24, 2.45) is 0 Å². The fourth-order valence-electron chi connectivity index (χ4n) is 2.81. The summed E-state index contributed by atoms with van der Waals surface area (Å²) < 4.78 is 7.18. The van der Waals surface area contributed by atoms with Crippen LogP contribution in [0.5, 0.6) is 0 Å². The van der Waals surface area contributed by atoms with Gasteiger partial charge in [-0.05, 0) is 31.0 Å². The van der Waals surface area contributed by atoms with Crippen LogP contribution < -0.4 is 0 Å². The summed E-state index contributed by atoms with van der Waals surface area (Å²) in [4.78, 5) is 14.3. The lowest BCUT2D eigenvalue weighted by Gasteiger charge is -2.24. The van der Waals surface area contributed by atoms with Gasteiger partial charge in [0.05, 0.1) is 18.8 Å². The van der Waals surface area contributed by atoms with Crippen LogP contribution in [-0.2, 0) is 17.8 Å². The van der Waals surface area contributed by atoms with Crippen molar-refractivity contribution in [2.45, 2.75) is 38.3 Å². The lowest BCUT2D eigenvalue weighted by atomic mass is 10.2. The molecule has 0 N–H and O–H groups in total. The Hall–Kier alpha value is -2.04. The van der Waals surface area contributed by atoms with Crippen molar-refractivity contribution in [1.82, 2.24) is 14.7 Å². The summed E-state index contributed by atoms with van der Waals surface area (Å²) in [6.07, 6.45) is 8.71. The maximum Gasteiger partial charge on any atom is 0.223 e. The molecule has 0 unspecified atom stereocenters. The van der Waals surface area contributed by atoms with E-state index in [0.717, 1.165) is 31.7 Å². The van der Waals surface area contributed by atoms with Crippen LogP contribution in [0.15, 0.2) is 41.3 Å². The minimum absolute atomic E-state index is 0.219. The second kappa shape index (κ2) is 5.94. The first-order valence-electron chi connectivity index (χ1n) is 7.12. The zero-order valence-corrected chi connectivity index (χ0v) is 11.4. The van der Waals surface area contributed by atoms with Gasteiger partial charge in [-0.25, -0.2) is 0 Å². The lowest BCUT2D eigenvalue weighted by Crippen LogP contribution is -2.38. The van der Waals surface area contributed by atoms with Gasteiger partial charge in [-0.15, -0.1) is 0 Å². The number of likely N-dealkylation sites (tertiary alicyclic amines) is 1. The highest BCUT2D eigenvalue weighted by Crippen LogP contribution is 2.20. The minimum Gasteiger partial charge on any atom is -0.469 e. The summed E-state index contributed by atoms with van der Waals surface area (Å²) >= 11 is 0. The Kier molecular flexibility index (Phi) is 3.85. The van der Waals surface area contributed by atoms with Crippen molar-refractivity contribution in [3.8, 4) is 0 Å². The van der Waals surface area contributed by atoms with Gasteiger partial charge in [0.1, 0.15) is 5.76 Å². The van der Waals surface area contributed by atoms with Gasteiger partial charge in [0.25, 0.3) is 0 Å². The molecular formula is C15H19N3O2. The second-order valence-electron chi connectivity index (χ2n) is 5.19. The van der Waals surface area contributed by atoms with Crippen LogP contribution in [0, 0.1) is 0 Å². The average Bonchev–Trinajstić information content (AvgIpc) is 3.19. The van der Waals surface area contributed by atoms with Crippen LogP contribution in [0.1, 0.15) is 25.0 Å². The SMILES string of the molecule is O=C(CCc1ccco1)N1CCC[C@H]1Cn1cccn1. The Labute approximate surface area is 118 Å². The van der Waals surface area contributed by atoms with E-state index in [9.17, 15) is 4.79 Å². The molecule has 5 heteroatoms. The Morgan fingerprint density at radius 1 is 1.45 bits per heavy atom. The van der Waals surface area contributed by atoms with E-state index in [2.05, 4.69) is 5.10 Å². The molecular weight excluding hydrogens is 254 g/mol. The first kappa shape index (κ1) is 13.0. The number of hydrogen-bond donors (Lipinski definition) is 0. The molecule has 3 rings (SSSR count). The van der Waals surface area contributed by atoms with E-state index in [1.807, 2.05) is 34.0 Å². The molecule has 0 saturated carbocycles. The fourth-order valence-corrected chi connectivity index (χ4v) is 2.81. The molecule has 1 saturated heterocycles. The van der Waals surface area contributed by atoms with Gasteiger partial charge in [-0.1, -0.05) is 0 Å². The number of rotatable bonds is 5. The fraction of sp³-hybridized carbons (Fsp3) is 0.467. The molecule has 3 heterocycles. The van der Waals surface area contributed by atoms with Crippen molar-refractivity contribution >= 4 is 5.91 Å². The van der Waals surface area contributed by atoms with Crippen LogP contribution in [0.4, 0.5) is 0 Å². The summed E-state index contributed by atoms with van der Waals surface area (Å²) in [6, 6.07) is 5.96. The van der Waals surface area contributed by atoms with Gasteiger partial charge in [0.2, 0.25) is 5.91 Å². The number of amides is 1. The number of hydrogen-bond acceptors (Lipinski definition) is 3. The van der Waals surface area contributed by atoms with Gasteiger partial charge >= 0.3 is 0 Å². The number of aromatic nitrogens is 2. The highest BCUT2D eigenvalue weighted by Gasteiger charge is 2.28. The van der Waals surface area contributed by atoms with E-state index in [4.69, 9.17) is 4.42 Å². The van der Waals surface area contributed by atoms with E-state index in [1.165, 1.54) is 0 Å². The van der Waals surface area contributed by atoms with Gasteiger partial charge in [0.15, 0.2) is 0 Å². The van der Waals surface area contributed by atoms with E-state index >= 15 is 0 Å². The summed E-state index contributed by atoms with van der Waals surface area (Å²) in [7, 11) is 0. The molecule has 1 amide bonds. The van der Waals surface area contributed by atoms with Gasteiger partial charge in [0, 0.05) is 31.8 Å². The monoisotopic (exact) mass is 273 g/mol. The summed E-state index contributed by atoms with van der Waals surface area (Å²) in [5, 5.41) is 4.22.